The molecule has 5 rings (SSSR count). The molecule has 0 amide bonds. The third-order valence-corrected chi connectivity index (χ3v) is 7.79. The van der Waals surface area contributed by atoms with E-state index in [0.717, 1.165) is 34.9 Å². The van der Waals surface area contributed by atoms with Crippen molar-refractivity contribution in [1.29, 1.82) is 0 Å². The van der Waals surface area contributed by atoms with Gasteiger partial charge in [-0.05, 0) is 92.3 Å². The fraction of sp³-hybridized carbons (Fsp3) is 0.538. The molecule has 0 N–H and O–H groups in total. The van der Waals surface area contributed by atoms with Crippen LogP contribution in [-0.2, 0) is 0 Å². The van der Waals surface area contributed by atoms with Crippen LogP contribution in [0.5, 0.6) is 11.5 Å². The number of benzene rings is 2. The quantitative estimate of drug-likeness (QED) is 0.649. The summed E-state index contributed by atoms with van der Waals surface area (Å²) in [5.74, 6) is 4.55. The number of likely N-dealkylation sites (tertiary alicyclic amines) is 1. The van der Waals surface area contributed by atoms with Crippen LogP contribution in [0.4, 0.5) is 0 Å². The molecule has 2 bridgehead atoms. The first kappa shape index (κ1) is 19.0. The van der Waals surface area contributed by atoms with E-state index in [1.54, 1.807) is 14.2 Å². The van der Waals surface area contributed by atoms with E-state index in [0.29, 0.717) is 5.92 Å². The molecule has 3 aliphatic rings. The second-order valence-electron chi connectivity index (χ2n) is 9.21. The molecule has 1 saturated heterocycles. The number of fused-ring (bicyclic) bond motifs is 2. The first-order valence-corrected chi connectivity index (χ1v) is 11.3. The molecular weight excluding hydrogens is 358 g/mol. The molecule has 3 atom stereocenters. The molecular formula is C26H33NO2. The number of para-hydroxylation sites is 1. The Kier molecular flexibility index (Phi) is 5.26. The Bertz CT molecular complexity index is 856. The van der Waals surface area contributed by atoms with Crippen LogP contribution in [0.2, 0.25) is 0 Å². The lowest BCUT2D eigenvalue weighted by atomic mass is 9.85. The number of ether oxygens (including phenoxy) is 2. The Morgan fingerprint density at radius 3 is 2.31 bits per heavy atom. The molecule has 2 aromatic rings. The fourth-order valence-corrected chi connectivity index (χ4v) is 6.30. The predicted molar refractivity (Wildman–Crippen MR) is 118 cm³/mol. The number of rotatable bonds is 5. The molecule has 2 aromatic carbocycles. The average molecular weight is 392 g/mol. The highest BCUT2D eigenvalue weighted by Gasteiger charge is 2.43. The van der Waals surface area contributed by atoms with Gasteiger partial charge in [0.1, 0.15) is 11.5 Å². The van der Waals surface area contributed by atoms with Gasteiger partial charge in [0, 0.05) is 11.6 Å². The topological polar surface area (TPSA) is 21.7 Å². The van der Waals surface area contributed by atoms with E-state index in [1.165, 1.54) is 62.7 Å². The zero-order chi connectivity index (χ0) is 19.8. The van der Waals surface area contributed by atoms with Gasteiger partial charge in [-0.25, -0.2) is 0 Å². The monoisotopic (exact) mass is 391 g/mol. The summed E-state index contributed by atoms with van der Waals surface area (Å²) in [5.41, 5.74) is 3.73. The summed E-state index contributed by atoms with van der Waals surface area (Å²) in [4.78, 5) is 2.82. The van der Waals surface area contributed by atoms with Crippen molar-refractivity contribution < 1.29 is 9.47 Å². The van der Waals surface area contributed by atoms with E-state index < -0.39 is 0 Å². The van der Waals surface area contributed by atoms with Crippen molar-refractivity contribution in [2.75, 3.05) is 27.3 Å². The van der Waals surface area contributed by atoms with E-state index >= 15 is 0 Å². The number of hydrogen-bond acceptors (Lipinski definition) is 3. The van der Waals surface area contributed by atoms with Gasteiger partial charge in [-0.3, -0.25) is 0 Å². The molecule has 3 nitrogen and oxygen atoms in total. The van der Waals surface area contributed by atoms with Gasteiger partial charge >= 0.3 is 0 Å². The highest BCUT2D eigenvalue weighted by atomic mass is 16.5. The minimum absolute atomic E-state index is 0.578. The molecule has 1 aliphatic heterocycles. The van der Waals surface area contributed by atoms with Crippen molar-refractivity contribution in [2.24, 2.45) is 11.8 Å². The molecule has 29 heavy (non-hydrogen) atoms. The van der Waals surface area contributed by atoms with Crippen LogP contribution in [0.15, 0.2) is 42.5 Å². The average Bonchev–Trinajstić information content (AvgIpc) is 3.42. The van der Waals surface area contributed by atoms with Gasteiger partial charge in [0.05, 0.1) is 14.2 Å². The molecule has 2 aliphatic carbocycles. The van der Waals surface area contributed by atoms with E-state index in [1.807, 2.05) is 12.1 Å². The van der Waals surface area contributed by atoms with Crippen LogP contribution in [0.1, 0.15) is 50.0 Å². The van der Waals surface area contributed by atoms with Crippen LogP contribution in [0.3, 0.4) is 0 Å². The molecule has 3 fully saturated rings. The Morgan fingerprint density at radius 1 is 0.828 bits per heavy atom. The van der Waals surface area contributed by atoms with Crippen molar-refractivity contribution in [3.63, 3.8) is 0 Å². The van der Waals surface area contributed by atoms with Gasteiger partial charge in [0.25, 0.3) is 0 Å². The third kappa shape index (κ3) is 3.54. The van der Waals surface area contributed by atoms with E-state index in [2.05, 4.69) is 35.2 Å². The Balaban J connectivity index is 1.35. The minimum atomic E-state index is 0.578. The van der Waals surface area contributed by atoms with E-state index in [-0.39, 0.29) is 0 Å². The van der Waals surface area contributed by atoms with Crippen LogP contribution in [0, 0.1) is 11.8 Å². The maximum absolute atomic E-state index is 5.77. The fourth-order valence-electron chi connectivity index (χ4n) is 6.30. The lowest BCUT2D eigenvalue weighted by molar-refractivity contribution is 0.110. The summed E-state index contributed by atoms with van der Waals surface area (Å²) in [5, 5.41) is 0. The maximum Gasteiger partial charge on any atom is 0.126 e. The summed E-state index contributed by atoms with van der Waals surface area (Å²) in [7, 11) is 3.54. The van der Waals surface area contributed by atoms with Crippen molar-refractivity contribution in [3.8, 4) is 22.6 Å². The molecule has 0 aromatic heterocycles. The maximum atomic E-state index is 5.77. The molecule has 154 valence electrons. The van der Waals surface area contributed by atoms with Gasteiger partial charge < -0.3 is 14.4 Å². The van der Waals surface area contributed by atoms with E-state index in [9.17, 15) is 0 Å². The zero-order valence-corrected chi connectivity index (χ0v) is 17.8. The van der Waals surface area contributed by atoms with Crippen molar-refractivity contribution in [2.45, 2.75) is 50.5 Å². The summed E-state index contributed by atoms with van der Waals surface area (Å²) in [6, 6.07) is 15.8. The second kappa shape index (κ2) is 8.02. The summed E-state index contributed by atoms with van der Waals surface area (Å²) in [6.45, 7) is 2.47. The Labute approximate surface area is 175 Å². The summed E-state index contributed by atoms with van der Waals surface area (Å²) < 4.78 is 11.4. The van der Waals surface area contributed by atoms with Crippen LogP contribution in [0.25, 0.3) is 11.1 Å². The van der Waals surface area contributed by atoms with Gasteiger partial charge in [-0.1, -0.05) is 30.7 Å². The SMILES string of the molecule is COc1ccccc1-c1ccc(OC)c(C2CCN([C@@H]3CC4CCC3C4)CC2)c1. The van der Waals surface area contributed by atoms with Crippen molar-refractivity contribution >= 4 is 0 Å². The lowest BCUT2D eigenvalue weighted by Crippen LogP contribution is -2.43. The minimum Gasteiger partial charge on any atom is -0.496 e. The molecule has 0 radical (unpaired) electrons. The highest BCUT2D eigenvalue weighted by molar-refractivity contribution is 5.72. The third-order valence-electron chi connectivity index (χ3n) is 7.79. The van der Waals surface area contributed by atoms with Crippen molar-refractivity contribution in [1.82, 2.24) is 4.90 Å². The van der Waals surface area contributed by atoms with Gasteiger partial charge in [-0.2, -0.15) is 0 Å². The molecule has 2 saturated carbocycles. The highest BCUT2D eigenvalue weighted by Crippen LogP contribution is 2.48. The Hall–Kier alpha value is -2.00. The normalized spacial score (nSPS) is 27.3. The summed E-state index contributed by atoms with van der Waals surface area (Å²) >= 11 is 0. The first-order chi connectivity index (χ1) is 14.3. The predicted octanol–water partition coefficient (Wildman–Crippen LogP) is 5.74. The zero-order valence-electron chi connectivity index (χ0n) is 17.8. The first-order valence-electron chi connectivity index (χ1n) is 11.3. The number of piperidine rings is 1. The Morgan fingerprint density at radius 2 is 1.62 bits per heavy atom. The number of nitrogens with zero attached hydrogens (tertiary/aromatic N) is 1. The van der Waals surface area contributed by atoms with Crippen LogP contribution in [-0.4, -0.2) is 38.3 Å². The summed E-state index contributed by atoms with van der Waals surface area (Å²) in [6.07, 6.45) is 8.40. The molecule has 2 unspecified atom stereocenters. The molecule has 3 heteroatoms. The van der Waals surface area contributed by atoms with Crippen LogP contribution >= 0.6 is 0 Å². The smallest absolute Gasteiger partial charge is 0.126 e. The van der Waals surface area contributed by atoms with Crippen molar-refractivity contribution in [3.05, 3.63) is 48.0 Å². The second-order valence-corrected chi connectivity index (χ2v) is 9.21. The molecule has 0 spiro atoms. The van der Waals surface area contributed by atoms with E-state index in [4.69, 9.17) is 9.47 Å². The number of hydrogen-bond donors (Lipinski definition) is 0. The van der Waals surface area contributed by atoms with Gasteiger partial charge in [0.2, 0.25) is 0 Å². The van der Waals surface area contributed by atoms with Gasteiger partial charge in [-0.15, -0.1) is 0 Å². The molecule has 1 heterocycles. The lowest BCUT2D eigenvalue weighted by Gasteiger charge is -2.40. The standard InChI is InChI=1S/C26H33NO2/c1-28-25-6-4-3-5-22(25)20-9-10-26(29-2)23(17-20)19-11-13-27(14-12-19)24-16-18-7-8-21(24)15-18/h3-6,9-10,17-19,21,24H,7-8,11-16H2,1-2H3/t18?,21?,24-/m1/s1. The number of methoxy groups -OCH3 is 2. The van der Waals surface area contributed by atoms with Crippen LogP contribution < -0.4 is 9.47 Å². The van der Waals surface area contributed by atoms with Gasteiger partial charge in [0.15, 0.2) is 0 Å². The largest absolute Gasteiger partial charge is 0.496 e.